The van der Waals surface area contributed by atoms with Gasteiger partial charge >= 0.3 is 0 Å². The minimum absolute atomic E-state index is 0.279. The Labute approximate surface area is 98.8 Å². The Morgan fingerprint density at radius 3 is 3.00 bits per heavy atom. The Bertz CT molecular complexity index is 202. The van der Waals surface area contributed by atoms with E-state index in [1.54, 1.807) is 0 Å². The maximum atomic E-state index is 11.8. The van der Waals surface area contributed by atoms with Gasteiger partial charge in [0.05, 0.1) is 0 Å². The van der Waals surface area contributed by atoms with Gasteiger partial charge in [-0.2, -0.15) is 0 Å². The maximum Gasteiger partial charge on any atom is 0.222 e. The van der Waals surface area contributed by atoms with E-state index < -0.39 is 0 Å². The Hall–Kier alpha value is -0.610. The molecule has 0 aromatic carbocycles. The second kappa shape index (κ2) is 7.63. The molecular formula is C12H25N3O. The van der Waals surface area contributed by atoms with Crippen LogP contribution in [0.25, 0.3) is 0 Å². The summed E-state index contributed by atoms with van der Waals surface area (Å²) in [4.78, 5) is 13.6. The molecule has 0 aromatic rings. The van der Waals surface area contributed by atoms with Gasteiger partial charge in [0, 0.05) is 26.6 Å². The van der Waals surface area contributed by atoms with E-state index in [2.05, 4.69) is 10.6 Å². The van der Waals surface area contributed by atoms with Crippen molar-refractivity contribution in [2.75, 3.05) is 40.3 Å². The molecule has 0 aromatic heterocycles. The van der Waals surface area contributed by atoms with Crippen LogP contribution < -0.4 is 10.6 Å². The van der Waals surface area contributed by atoms with Crippen molar-refractivity contribution in [3.63, 3.8) is 0 Å². The van der Waals surface area contributed by atoms with Crippen molar-refractivity contribution in [2.45, 2.75) is 25.7 Å². The molecule has 0 spiro atoms. The number of nitrogens with one attached hydrogen (secondary N) is 2. The van der Waals surface area contributed by atoms with Crippen molar-refractivity contribution in [3.05, 3.63) is 0 Å². The van der Waals surface area contributed by atoms with Crippen molar-refractivity contribution in [1.82, 2.24) is 15.5 Å². The van der Waals surface area contributed by atoms with E-state index in [1.807, 2.05) is 19.0 Å². The number of hydrogen-bond donors (Lipinski definition) is 2. The molecule has 1 saturated heterocycles. The fourth-order valence-electron chi connectivity index (χ4n) is 2.09. The predicted octanol–water partition coefficient (Wildman–Crippen LogP) is 0.444. The van der Waals surface area contributed by atoms with Gasteiger partial charge in [-0.05, 0) is 45.3 Å². The van der Waals surface area contributed by atoms with E-state index in [9.17, 15) is 4.79 Å². The van der Waals surface area contributed by atoms with Crippen LogP contribution in [0.1, 0.15) is 25.7 Å². The number of nitrogens with zero attached hydrogens (tertiary/aromatic N) is 1. The lowest BCUT2D eigenvalue weighted by Crippen LogP contribution is -2.34. The van der Waals surface area contributed by atoms with Crippen molar-refractivity contribution < 1.29 is 4.79 Å². The Balaban J connectivity index is 2.12. The molecule has 0 radical (unpaired) electrons. The third kappa shape index (κ3) is 4.94. The number of piperidine rings is 1. The SMILES string of the molecule is CNCCN(C)C(=O)CCC1CCCNC1. The molecule has 94 valence electrons. The average Bonchev–Trinajstić information content (AvgIpc) is 2.34. The third-order valence-corrected chi connectivity index (χ3v) is 3.29. The maximum absolute atomic E-state index is 11.8. The van der Waals surface area contributed by atoms with Gasteiger partial charge in [-0.15, -0.1) is 0 Å². The highest BCUT2D eigenvalue weighted by atomic mass is 16.2. The van der Waals surface area contributed by atoms with E-state index in [4.69, 9.17) is 0 Å². The molecule has 1 aliphatic heterocycles. The van der Waals surface area contributed by atoms with Crippen molar-refractivity contribution in [2.24, 2.45) is 5.92 Å². The van der Waals surface area contributed by atoms with Gasteiger partial charge < -0.3 is 15.5 Å². The number of likely N-dealkylation sites (N-methyl/N-ethyl adjacent to an activating group) is 2. The van der Waals surface area contributed by atoms with Gasteiger partial charge in [-0.25, -0.2) is 0 Å². The second-order valence-corrected chi connectivity index (χ2v) is 4.67. The molecule has 0 aliphatic carbocycles. The molecule has 0 bridgehead atoms. The second-order valence-electron chi connectivity index (χ2n) is 4.67. The summed E-state index contributed by atoms with van der Waals surface area (Å²) >= 11 is 0. The molecule has 1 amide bonds. The molecule has 1 aliphatic rings. The van der Waals surface area contributed by atoms with Crippen LogP contribution in [0.2, 0.25) is 0 Å². The van der Waals surface area contributed by atoms with Crippen LogP contribution >= 0.6 is 0 Å². The average molecular weight is 227 g/mol. The Morgan fingerprint density at radius 1 is 1.56 bits per heavy atom. The summed E-state index contributed by atoms with van der Waals surface area (Å²) in [6, 6.07) is 0. The smallest absolute Gasteiger partial charge is 0.222 e. The van der Waals surface area contributed by atoms with Gasteiger partial charge in [0.2, 0.25) is 5.91 Å². The van der Waals surface area contributed by atoms with E-state index >= 15 is 0 Å². The monoisotopic (exact) mass is 227 g/mol. The number of carbonyl (C=O) groups excluding carboxylic acids is 1. The molecule has 4 heteroatoms. The minimum atomic E-state index is 0.279. The zero-order valence-electron chi connectivity index (χ0n) is 10.6. The highest BCUT2D eigenvalue weighted by Crippen LogP contribution is 2.16. The van der Waals surface area contributed by atoms with Crippen LogP contribution in [0.4, 0.5) is 0 Å². The van der Waals surface area contributed by atoms with Crippen LogP contribution in [0.15, 0.2) is 0 Å². The van der Waals surface area contributed by atoms with Gasteiger partial charge in [0.25, 0.3) is 0 Å². The molecule has 1 fully saturated rings. The number of rotatable bonds is 6. The third-order valence-electron chi connectivity index (χ3n) is 3.29. The lowest BCUT2D eigenvalue weighted by atomic mass is 9.94. The van der Waals surface area contributed by atoms with E-state index in [0.717, 1.165) is 32.6 Å². The zero-order valence-corrected chi connectivity index (χ0v) is 10.6. The fourth-order valence-corrected chi connectivity index (χ4v) is 2.09. The largest absolute Gasteiger partial charge is 0.344 e. The first-order valence-electron chi connectivity index (χ1n) is 6.33. The van der Waals surface area contributed by atoms with E-state index in [1.165, 1.54) is 12.8 Å². The first-order chi connectivity index (χ1) is 7.74. The van der Waals surface area contributed by atoms with Crippen LogP contribution in [0, 0.1) is 5.92 Å². The molecule has 16 heavy (non-hydrogen) atoms. The first kappa shape index (κ1) is 13.5. The topological polar surface area (TPSA) is 44.4 Å². The molecule has 0 saturated carbocycles. The molecule has 2 N–H and O–H groups in total. The quantitative estimate of drug-likeness (QED) is 0.692. The Morgan fingerprint density at radius 2 is 2.38 bits per heavy atom. The van der Waals surface area contributed by atoms with Crippen LogP contribution in [0.3, 0.4) is 0 Å². The summed E-state index contributed by atoms with van der Waals surface area (Å²) in [5.41, 5.74) is 0. The Kier molecular flexibility index (Phi) is 6.42. The number of amides is 1. The summed E-state index contributed by atoms with van der Waals surface area (Å²) in [5.74, 6) is 0.983. The van der Waals surface area contributed by atoms with Crippen molar-refractivity contribution in [3.8, 4) is 0 Å². The van der Waals surface area contributed by atoms with Gasteiger partial charge in [0.1, 0.15) is 0 Å². The van der Waals surface area contributed by atoms with E-state index in [0.29, 0.717) is 12.3 Å². The summed E-state index contributed by atoms with van der Waals surface area (Å²) in [6.07, 6.45) is 4.28. The molecule has 1 rings (SSSR count). The van der Waals surface area contributed by atoms with Crippen molar-refractivity contribution >= 4 is 5.91 Å². The zero-order chi connectivity index (χ0) is 11.8. The van der Waals surface area contributed by atoms with Gasteiger partial charge in [-0.3, -0.25) is 4.79 Å². The molecule has 1 unspecified atom stereocenters. The van der Waals surface area contributed by atoms with E-state index in [-0.39, 0.29) is 5.91 Å². The van der Waals surface area contributed by atoms with Crippen molar-refractivity contribution in [1.29, 1.82) is 0 Å². The minimum Gasteiger partial charge on any atom is -0.344 e. The predicted molar refractivity (Wildman–Crippen MR) is 66.4 cm³/mol. The summed E-state index contributed by atoms with van der Waals surface area (Å²) in [7, 11) is 3.80. The lowest BCUT2D eigenvalue weighted by Gasteiger charge is -2.23. The number of hydrogen-bond acceptors (Lipinski definition) is 3. The van der Waals surface area contributed by atoms with Crippen LogP contribution in [-0.4, -0.2) is 51.1 Å². The van der Waals surface area contributed by atoms with Crippen LogP contribution in [-0.2, 0) is 4.79 Å². The lowest BCUT2D eigenvalue weighted by molar-refractivity contribution is -0.130. The molecule has 1 heterocycles. The highest BCUT2D eigenvalue weighted by Gasteiger charge is 2.15. The molecular weight excluding hydrogens is 202 g/mol. The van der Waals surface area contributed by atoms with Gasteiger partial charge in [0.15, 0.2) is 0 Å². The first-order valence-corrected chi connectivity index (χ1v) is 6.33. The molecule has 1 atom stereocenters. The summed E-state index contributed by atoms with van der Waals surface area (Å²) in [5, 5.41) is 6.44. The van der Waals surface area contributed by atoms with Crippen LogP contribution in [0.5, 0.6) is 0 Å². The summed E-state index contributed by atoms with van der Waals surface area (Å²) in [6.45, 7) is 3.91. The van der Waals surface area contributed by atoms with Gasteiger partial charge in [-0.1, -0.05) is 0 Å². The standard InChI is InChI=1S/C12H25N3O/c1-13-8-9-15(2)12(16)6-5-11-4-3-7-14-10-11/h11,13-14H,3-10H2,1-2H3. The number of carbonyl (C=O) groups is 1. The summed E-state index contributed by atoms with van der Waals surface area (Å²) < 4.78 is 0. The molecule has 4 nitrogen and oxygen atoms in total. The normalized spacial score (nSPS) is 20.8. The highest BCUT2D eigenvalue weighted by molar-refractivity contribution is 5.75. The fraction of sp³-hybridized carbons (Fsp3) is 0.917.